The van der Waals surface area contributed by atoms with Crippen LogP contribution in [0.15, 0.2) is 24.3 Å². The van der Waals surface area contributed by atoms with Crippen LogP contribution >= 0.6 is 0 Å². The summed E-state index contributed by atoms with van der Waals surface area (Å²) in [5, 5.41) is 3.65. The van der Waals surface area contributed by atoms with Gasteiger partial charge in [-0.25, -0.2) is 4.79 Å². The zero-order valence-electron chi connectivity index (χ0n) is 12.7. The number of carbonyl (C=O) groups excluding carboxylic acids is 1. The lowest BCUT2D eigenvalue weighted by Gasteiger charge is -2.32. The van der Waals surface area contributed by atoms with E-state index in [4.69, 9.17) is 4.74 Å². The highest BCUT2D eigenvalue weighted by molar-refractivity contribution is 5.89. The van der Waals surface area contributed by atoms with Gasteiger partial charge in [0.2, 0.25) is 0 Å². The lowest BCUT2D eigenvalue weighted by Crippen LogP contribution is -2.35. The van der Waals surface area contributed by atoms with E-state index in [0.717, 1.165) is 18.4 Å². The number of esters is 1. The van der Waals surface area contributed by atoms with Gasteiger partial charge in [0, 0.05) is 12.6 Å². The van der Waals surface area contributed by atoms with Crippen LogP contribution in [0.4, 0.5) is 0 Å². The number of nitrogens with one attached hydrogen (secondary N) is 1. The predicted molar refractivity (Wildman–Crippen MR) is 80.6 cm³/mol. The van der Waals surface area contributed by atoms with E-state index in [1.54, 1.807) is 0 Å². The van der Waals surface area contributed by atoms with Gasteiger partial charge in [0.05, 0.1) is 12.7 Å². The summed E-state index contributed by atoms with van der Waals surface area (Å²) < 4.78 is 4.70. The van der Waals surface area contributed by atoms with Crippen molar-refractivity contribution in [2.45, 2.75) is 45.7 Å². The first-order valence-corrected chi connectivity index (χ1v) is 7.49. The van der Waals surface area contributed by atoms with Gasteiger partial charge in [0.15, 0.2) is 0 Å². The number of rotatable bonds is 4. The number of ether oxygens (including phenoxy) is 1. The maximum Gasteiger partial charge on any atom is 0.337 e. The Balaban J connectivity index is 1.86. The Hall–Kier alpha value is -1.35. The van der Waals surface area contributed by atoms with E-state index in [9.17, 15) is 4.79 Å². The molecule has 0 aliphatic heterocycles. The lowest BCUT2D eigenvalue weighted by atomic mass is 9.80. The molecule has 0 spiro atoms. The van der Waals surface area contributed by atoms with Crippen molar-refractivity contribution in [1.29, 1.82) is 0 Å². The van der Waals surface area contributed by atoms with Crippen LogP contribution in [0.2, 0.25) is 0 Å². The molecule has 0 saturated heterocycles. The van der Waals surface area contributed by atoms with Crippen molar-refractivity contribution in [3.8, 4) is 0 Å². The fourth-order valence-electron chi connectivity index (χ4n) is 3.25. The highest BCUT2D eigenvalue weighted by atomic mass is 16.5. The van der Waals surface area contributed by atoms with E-state index in [-0.39, 0.29) is 5.97 Å². The van der Waals surface area contributed by atoms with Crippen molar-refractivity contribution >= 4 is 5.97 Å². The predicted octanol–water partition coefficient (Wildman–Crippen LogP) is 3.39. The Labute approximate surface area is 121 Å². The first-order chi connectivity index (χ1) is 9.58. The SMILES string of the molecule is COC(=O)c1ccc(CNC2CC(C)CC(C)C2)cc1. The fraction of sp³-hybridized carbons (Fsp3) is 0.588. The first-order valence-electron chi connectivity index (χ1n) is 7.49. The molecule has 1 aromatic carbocycles. The minimum atomic E-state index is -0.278. The Bertz CT molecular complexity index is 431. The molecule has 2 unspecified atom stereocenters. The summed E-state index contributed by atoms with van der Waals surface area (Å²) in [4.78, 5) is 11.4. The molecule has 3 heteroatoms. The number of hydrogen-bond acceptors (Lipinski definition) is 3. The molecule has 1 saturated carbocycles. The monoisotopic (exact) mass is 275 g/mol. The van der Waals surface area contributed by atoms with Crippen LogP contribution in [0.3, 0.4) is 0 Å². The molecule has 2 rings (SSSR count). The van der Waals surface area contributed by atoms with E-state index >= 15 is 0 Å². The van der Waals surface area contributed by atoms with Gasteiger partial charge in [-0.2, -0.15) is 0 Å². The third kappa shape index (κ3) is 4.07. The van der Waals surface area contributed by atoms with Crippen molar-refractivity contribution in [3.63, 3.8) is 0 Å². The highest BCUT2D eigenvalue weighted by Crippen LogP contribution is 2.28. The molecule has 0 radical (unpaired) electrons. The van der Waals surface area contributed by atoms with Crippen LogP contribution in [0, 0.1) is 11.8 Å². The molecule has 20 heavy (non-hydrogen) atoms. The van der Waals surface area contributed by atoms with Gasteiger partial charge in [-0.1, -0.05) is 26.0 Å². The third-order valence-corrected chi connectivity index (χ3v) is 4.15. The van der Waals surface area contributed by atoms with Crippen LogP contribution in [-0.4, -0.2) is 19.1 Å². The van der Waals surface area contributed by atoms with E-state index < -0.39 is 0 Å². The van der Waals surface area contributed by atoms with Gasteiger partial charge in [-0.15, -0.1) is 0 Å². The number of benzene rings is 1. The normalized spacial score (nSPS) is 26.2. The van der Waals surface area contributed by atoms with Crippen LogP contribution < -0.4 is 5.32 Å². The van der Waals surface area contributed by atoms with Crippen molar-refractivity contribution in [1.82, 2.24) is 5.32 Å². The van der Waals surface area contributed by atoms with Crippen LogP contribution in [0.5, 0.6) is 0 Å². The molecule has 1 aromatic rings. The minimum Gasteiger partial charge on any atom is -0.465 e. The summed E-state index contributed by atoms with van der Waals surface area (Å²) in [6, 6.07) is 8.27. The van der Waals surface area contributed by atoms with Crippen LogP contribution in [-0.2, 0) is 11.3 Å². The molecule has 0 amide bonds. The fourth-order valence-corrected chi connectivity index (χ4v) is 3.25. The average molecular weight is 275 g/mol. The van der Waals surface area contributed by atoms with Crippen molar-refractivity contribution in [2.24, 2.45) is 11.8 Å². The first kappa shape index (κ1) is 15.0. The van der Waals surface area contributed by atoms with Gasteiger partial charge < -0.3 is 10.1 Å². The molecule has 110 valence electrons. The largest absolute Gasteiger partial charge is 0.465 e. The standard InChI is InChI=1S/C17H25NO2/c1-12-8-13(2)10-16(9-12)18-11-14-4-6-15(7-5-14)17(19)20-3/h4-7,12-13,16,18H,8-11H2,1-3H3. The lowest BCUT2D eigenvalue weighted by molar-refractivity contribution is 0.0600. The Morgan fingerprint density at radius 3 is 2.30 bits per heavy atom. The summed E-state index contributed by atoms with van der Waals surface area (Å²) >= 11 is 0. The quantitative estimate of drug-likeness (QED) is 0.856. The Morgan fingerprint density at radius 2 is 1.75 bits per heavy atom. The average Bonchev–Trinajstić information content (AvgIpc) is 2.44. The van der Waals surface area contributed by atoms with Gasteiger partial charge in [0.1, 0.15) is 0 Å². The number of methoxy groups -OCH3 is 1. The second-order valence-corrected chi connectivity index (χ2v) is 6.18. The molecule has 1 N–H and O–H groups in total. The van der Waals surface area contributed by atoms with Gasteiger partial charge in [-0.05, 0) is 48.8 Å². The molecular formula is C17H25NO2. The molecule has 1 fully saturated rings. The van der Waals surface area contributed by atoms with Gasteiger partial charge >= 0.3 is 5.97 Å². The molecule has 1 aliphatic carbocycles. The molecule has 2 atom stereocenters. The molecule has 0 heterocycles. The van der Waals surface area contributed by atoms with E-state index in [2.05, 4.69) is 19.2 Å². The topological polar surface area (TPSA) is 38.3 Å². The van der Waals surface area contributed by atoms with E-state index in [1.165, 1.54) is 31.9 Å². The molecule has 3 nitrogen and oxygen atoms in total. The summed E-state index contributed by atoms with van der Waals surface area (Å²) in [6.45, 7) is 5.55. The molecular weight excluding hydrogens is 250 g/mol. The molecule has 0 aromatic heterocycles. The summed E-state index contributed by atoms with van der Waals surface area (Å²) in [5.41, 5.74) is 1.82. The van der Waals surface area contributed by atoms with Crippen molar-refractivity contribution in [3.05, 3.63) is 35.4 Å². The maximum atomic E-state index is 11.4. The maximum absolute atomic E-state index is 11.4. The third-order valence-electron chi connectivity index (χ3n) is 4.15. The summed E-state index contributed by atoms with van der Waals surface area (Å²) in [7, 11) is 1.41. The minimum absolute atomic E-state index is 0.278. The summed E-state index contributed by atoms with van der Waals surface area (Å²) in [5.74, 6) is 1.36. The van der Waals surface area contributed by atoms with Crippen LogP contribution in [0.1, 0.15) is 49.0 Å². The number of carbonyl (C=O) groups is 1. The summed E-state index contributed by atoms with van der Waals surface area (Å²) in [6.07, 6.45) is 3.89. The van der Waals surface area contributed by atoms with Crippen LogP contribution in [0.25, 0.3) is 0 Å². The molecule has 0 bridgehead atoms. The smallest absolute Gasteiger partial charge is 0.337 e. The van der Waals surface area contributed by atoms with E-state index in [0.29, 0.717) is 11.6 Å². The number of hydrogen-bond donors (Lipinski definition) is 1. The van der Waals surface area contributed by atoms with Crippen molar-refractivity contribution in [2.75, 3.05) is 7.11 Å². The van der Waals surface area contributed by atoms with Gasteiger partial charge in [-0.3, -0.25) is 0 Å². The second kappa shape index (κ2) is 6.89. The molecule has 1 aliphatic rings. The van der Waals surface area contributed by atoms with Crippen molar-refractivity contribution < 1.29 is 9.53 Å². The van der Waals surface area contributed by atoms with E-state index in [1.807, 2.05) is 24.3 Å². The Morgan fingerprint density at radius 1 is 1.15 bits per heavy atom. The zero-order chi connectivity index (χ0) is 14.5. The zero-order valence-corrected chi connectivity index (χ0v) is 12.7. The highest BCUT2D eigenvalue weighted by Gasteiger charge is 2.23. The Kier molecular flexibility index (Phi) is 5.18. The second-order valence-electron chi connectivity index (χ2n) is 6.18. The van der Waals surface area contributed by atoms with Gasteiger partial charge in [0.25, 0.3) is 0 Å².